The van der Waals surface area contributed by atoms with Gasteiger partial charge in [0.15, 0.2) is 0 Å². The van der Waals surface area contributed by atoms with Gasteiger partial charge in [-0.3, -0.25) is 43.2 Å². The lowest BCUT2D eigenvalue weighted by Crippen LogP contribution is -2.50. The average molecular weight is 786 g/mol. The van der Waals surface area contributed by atoms with Crippen molar-refractivity contribution in [2.75, 3.05) is 53.9 Å². The van der Waals surface area contributed by atoms with Crippen LogP contribution in [0.25, 0.3) is 4.85 Å². The van der Waals surface area contributed by atoms with Gasteiger partial charge in [0.1, 0.15) is 36.3 Å². The molecule has 0 bridgehead atoms. The lowest BCUT2D eigenvalue weighted by Gasteiger charge is -2.20. The molecule has 0 saturated carbocycles. The number of rotatable bonds is 15. The third-order valence-corrected chi connectivity index (χ3v) is 5.58. The molecular weight excluding hydrogens is 734 g/mol. The number of nitrogens with zero attached hydrogens (tertiary/aromatic N) is 5. The van der Waals surface area contributed by atoms with Crippen LogP contribution >= 0.6 is 0 Å². The van der Waals surface area contributed by atoms with Crippen LogP contribution in [0, 0.1) is 63.7 Å². The summed E-state index contributed by atoms with van der Waals surface area (Å²) in [6, 6.07) is 5.40. The number of nitriles is 4. The molecule has 22 heteroatoms. The van der Waals surface area contributed by atoms with E-state index >= 15 is 0 Å². The molecule has 0 aliphatic carbocycles. The van der Waals surface area contributed by atoms with Gasteiger partial charge in [-0.25, -0.2) is 6.57 Å². The van der Waals surface area contributed by atoms with Crippen LogP contribution in [0.2, 0.25) is 0 Å². The summed E-state index contributed by atoms with van der Waals surface area (Å²) in [5.74, 6) is -6.81. The van der Waals surface area contributed by atoms with E-state index in [0.717, 1.165) is 6.08 Å². The molecule has 0 aromatic heterocycles. The smallest absolute Gasteiger partial charge is 0.313 e. The van der Waals surface area contributed by atoms with E-state index in [1.54, 1.807) is 45.0 Å². The second-order valence-corrected chi connectivity index (χ2v) is 9.56. The Balaban J connectivity index is -0.000000211. The monoisotopic (exact) mass is 785 g/mol. The molecule has 0 radical (unpaired) electrons. The van der Waals surface area contributed by atoms with Crippen molar-refractivity contribution in [2.45, 2.75) is 53.5 Å². The number of nitrogens with one attached hydrogen (secondary N) is 8. The first kappa shape index (κ1) is 57.9. The van der Waals surface area contributed by atoms with Gasteiger partial charge in [-0.1, -0.05) is 0 Å². The van der Waals surface area contributed by atoms with Crippen molar-refractivity contribution in [3.63, 3.8) is 0 Å². The Morgan fingerprint density at radius 1 is 0.625 bits per heavy atom. The quantitative estimate of drug-likeness (QED) is 0.0277. The molecule has 0 heterocycles. The zero-order valence-corrected chi connectivity index (χ0v) is 32.7. The summed E-state index contributed by atoms with van der Waals surface area (Å²) >= 11 is 0. The average Bonchev–Trinajstić information content (AvgIpc) is 3.17. The van der Waals surface area contributed by atoms with Crippen molar-refractivity contribution in [3.8, 4) is 24.3 Å². The van der Waals surface area contributed by atoms with Crippen molar-refractivity contribution < 1.29 is 43.2 Å². The molecule has 0 aromatic carbocycles. The fourth-order valence-corrected chi connectivity index (χ4v) is 3.14. The van der Waals surface area contributed by atoms with Crippen LogP contribution in [-0.2, 0) is 43.2 Å². The summed E-state index contributed by atoms with van der Waals surface area (Å²) in [4.78, 5) is 100. The van der Waals surface area contributed by atoms with Gasteiger partial charge in [0.2, 0.25) is 35.8 Å². The van der Waals surface area contributed by atoms with E-state index in [4.69, 9.17) is 27.6 Å². The van der Waals surface area contributed by atoms with Crippen molar-refractivity contribution in [2.24, 2.45) is 11.8 Å². The van der Waals surface area contributed by atoms with Crippen molar-refractivity contribution in [3.05, 3.63) is 23.1 Å². The summed E-state index contributed by atoms with van der Waals surface area (Å²) in [6.45, 7) is 18.0. The fraction of sp³-hybridized carbons (Fsp3) is 0.529. The summed E-state index contributed by atoms with van der Waals surface area (Å²) in [6.07, 6.45) is 1.12. The molecule has 56 heavy (non-hydrogen) atoms. The van der Waals surface area contributed by atoms with E-state index in [1.807, 2.05) is 13.8 Å². The highest BCUT2D eigenvalue weighted by molar-refractivity contribution is 6.23. The first-order chi connectivity index (χ1) is 26.6. The van der Waals surface area contributed by atoms with E-state index < -0.39 is 53.3 Å². The van der Waals surface area contributed by atoms with Crippen molar-refractivity contribution in [1.82, 2.24) is 42.5 Å². The van der Waals surface area contributed by atoms with Crippen LogP contribution in [0.5, 0.6) is 0 Å². The van der Waals surface area contributed by atoms with Crippen LogP contribution in [0.4, 0.5) is 0 Å². The zero-order chi connectivity index (χ0) is 44.5. The Hall–Kier alpha value is -7.38. The van der Waals surface area contributed by atoms with Crippen LogP contribution in [-0.4, -0.2) is 113 Å². The molecule has 8 N–H and O–H groups in total. The first-order valence-electron chi connectivity index (χ1n) is 16.6. The molecule has 0 aromatic rings. The molecule has 3 atom stereocenters. The van der Waals surface area contributed by atoms with Gasteiger partial charge in [0.25, 0.3) is 11.8 Å². The number of amides is 8. The van der Waals surface area contributed by atoms with Gasteiger partial charge in [-0.15, -0.1) is 0 Å². The first-order valence-corrected chi connectivity index (χ1v) is 16.6. The Bertz CT molecular complexity index is 1460. The van der Waals surface area contributed by atoms with Gasteiger partial charge < -0.3 is 47.4 Å². The highest BCUT2D eigenvalue weighted by Gasteiger charge is 2.47. The molecule has 3 unspecified atom stereocenters. The molecule has 0 spiro atoms. The number of hydrogen-bond donors (Lipinski definition) is 8. The zero-order valence-electron chi connectivity index (χ0n) is 32.7. The maximum absolute atomic E-state index is 12.0. The van der Waals surface area contributed by atoms with Crippen LogP contribution < -0.4 is 42.5 Å². The molecular formula is C34H51N13O9. The second kappa shape index (κ2) is 40.4. The third kappa shape index (κ3) is 31.4. The normalized spacial score (nSPS) is 10.4. The van der Waals surface area contributed by atoms with E-state index in [9.17, 15) is 43.2 Å². The fourth-order valence-electron chi connectivity index (χ4n) is 3.14. The minimum atomic E-state index is -1.43. The number of carbonyl (C=O) groups excluding carboxylic acids is 9. The Labute approximate surface area is 326 Å². The van der Waals surface area contributed by atoms with Gasteiger partial charge in [-0.05, 0) is 34.6 Å². The van der Waals surface area contributed by atoms with E-state index in [1.165, 1.54) is 21.1 Å². The standard InChI is InChI=1S/C13H19N5O3.C8H11N3O2.2C5H8N2O.C3H5NO2/c1-5-17-11(19)8(7-14)9(12(20)16-4)10(15-3)13(21)18-6-2;1-3-11-8(13)6(5-9)4-7(12)10-2;2*1-2-7-5(8)3-4-6;1-4-3(6)2-5/h8-10H,5-6H2,1-2,4H3,(H,16,20)(H,17,19)(H,18,21);4H,3H2,1-2H3,(H,10,12)(H,11,13);2*2-3H2,1H3,(H,7,8);2H,1H3,(H,4,6)/b;6-4+;;;. The van der Waals surface area contributed by atoms with E-state index in [2.05, 4.69) is 47.4 Å². The molecule has 0 aliphatic rings. The predicted molar refractivity (Wildman–Crippen MR) is 199 cm³/mol. The minimum absolute atomic E-state index is 0.0339. The summed E-state index contributed by atoms with van der Waals surface area (Å²) in [7, 11) is 4.14. The molecule has 306 valence electrons. The van der Waals surface area contributed by atoms with Crippen LogP contribution in [0.3, 0.4) is 0 Å². The molecule has 22 nitrogen and oxygen atoms in total. The minimum Gasteiger partial charge on any atom is -0.359 e. The van der Waals surface area contributed by atoms with Gasteiger partial charge >= 0.3 is 11.9 Å². The van der Waals surface area contributed by atoms with Gasteiger partial charge in [0, 0.05) is 59.9 Å². The summed E-state index contributed by atoms with van der Waals surface area (Å²) < 4.78 is 0. The highest BCUT2D eigenvalue weighted by Crippen LogP contribution is 2.20. The predicted octanol–water partition coefficient (Wildman–Crippen LogP) is -2.63. The topological polar surface area (TPSA) is 349 Å². The lowest BCUT2D eigenvalue weighted by molar-refractivity contribution is -0.136. The van der Waals surface area contributed by atoms with E-state index in [-0.39, 0.29) is 49.6 Å². The Morgan fingerprint density at radius 2 is 1.05 bits per heavy atom. The highest BCUT2D eigenvalue weighted by atomic mass is 16.2. The SMILES string of the molecule is CCNC(=O)/C(C#N)=C/C(=O)NC.CCNC(=O)CC#N.CCNC(=O)CC#N.CNC(=O)C=O.[C-]#[N+]C(C(=O)NCC)C(C(=O)NC)C(C#N)C(=O)NCC. The number of carbonyl (C=O) groups is 9. The van der Waals surface area contributed by atoms with Gasteiger partial charge in [0.05, 0.1) is 18.2 Å². The molecule has 0 rings (SSSR count). The van der Waals surface area contributed by atoms with Crippen LogP contribution in [0.15, 0.2) is 11.6 Å². The summed E-state index contributed by atoms with van der Waals surface area (Å²) in [5, 5.41) is 52.5. The molecule has 0 fully saturated rings. The maximum Gasteiger partial charge on any atom is 0.313 e. The number of likely N-dealkylation sites (N-methyl/N-ethyl adjacent to an activating group) is 4. The maximum atomic E-state index is 12.0. The van der Waals surface area contributed by atoms with Crippen LogP contribution in [0.1, 0.15) is 47.5 Å². The second-order valence-electron chi connectivity index (χ2n) is 9.56. The van der Waals surface area contributed by atoms with Crippen molar-refractivity contribution in [1.29, 1.82) is 21.0 Å². The van der Waals surface area contributed by atoms with Gasteiger partial charge in [-0.2, -0.15) is 21.0 Å². The van der Waals surface area contributed by atoms with E-state index in [0.29, 0.717) is 19.6 Å². The molecule has 0 saturated heterocycles. The lowest BCUT2D eigenvalue weighted by atomic mass is 9.85. The number of hydrogen-bond acceptors (Lipinski definition) is 13. The third-order valence-electron chi connectivity index (χ3n) is 5.58. The largest absolute Gasteiger partial charge is 0.359 e. The molecule has 0 aliphatic heterocycles. The Kier molecular flexibility index (Phi) is 41.8. The summed E-state index contributed by atoms with van der Waals surface area (Å²) in [5.41, 5.74) is -0.193. The number of aldehydes is 1. The Morgan fingerprint density at radius 3 is 1.34 bits per heavy atom. The molecule has 8 amide bonds. The van der Waals surface area contributed by atoms with Crippen molar-refractivity contribution >= 4 is 53.5 Å².